The Kier molecular flexibility index (Phi) is 5.34. The minimum atomic E-state index is -0.956. The summed E-state index contributed by atoms with van der Waals surface area (Å²) in [4.78, 5) is 29.2. The number of rotatable bonds is 5. The second-order valence-electron chi connectivity index (χ2n) is 8.43. The summed E-state index contributed by atoms with van der Waals surface area (Å²) < 4.78 is 5.70. The number of carbonyl (C=O) groups is 2. The van der Waals surface area contributed by atoms with Crippen molar-refractivity contribution in [1.82, 2.24) is 9.80 Å². The van der Waals surface area contributed by atoms with Crippen molar-refractivity contribution in [2.24, 2.45) is 11.8 Å². The molecule has 6 heteroatoms. The van der Waals surface area contributed by atoms with Crippen LogP contribution in [-0.4, -0.2) is 65.2 Å². The summed E-state index contributed by atoms with van der Waals surface area (Å²) >= 11 is 0. The number of fused-ring (bicyclic) bond motifs is 2. The van der Waals surface area contributed by atoms with E-state index in [1.54, 1.807) is 6.08 Å². The highest BCUT2D eigenvalue weighted by atomic mass is 16.5. The smallest absolute Gasteiger partial charge is 0.310 e. The van der Waals surface area contributed by atoms with Crippen LogP contribution in [0.4, 0.5) is 0 Å². The van der Waals surface area contributed by atoms with Crippen LogP contribution in [0.1, 0.15) is 17.2 Å². The van der Waals surface area contributed by atoms with Crippen LogP contribution in [0.5, 0.6) is 0 Å². The molecule has 31 heavy (non-hydrogen) atoms. The minimum absolute atomic E-state index is 0.0973. The maximum absolute atomic E-state index is 13.3. The first kappa shape index (κ1) is 20.0. The second-order valence-corrected chi connectivity index (χ2v) is 8.43. The molecule has 0 saturated carbocycles. The first-order valence-corrected chi connectivity index (χ1v) is 10.8. The van der Waals surface area contributed by atoms with Crippen molar-refractivity contribution < 1.29 is 19.4 Å². The van der Waals surface area contributed by atoms with E-state index in [2.05, 4.69) is 53.4 Å². The van der Waals surface area contributed by atoms with Gasteiger partial charge in [-0.2, -0.15) is 0 Å². The van der Waals surface area contributed by atoms with E-state index in [0.29, 0.717) is 13.1 Å². The fraction of sp³-hybridized carbons (Fsp3) is 0.360. The monoisotopic (exact) mass is 418 g/mol. The molecule has 2 bridgehead atoms. The molecular weight excluding hydrogens is 392 g/mol. The Balaban J connectivity index is 1.32. The number of carboxylic acids is 1. The van der Waals surface area contributed by atoms with Gasteiger partial charge in [0.25, 0.3) is 0 Å². The van der Waals surface area contributed by atoms with Gasteiger partial charge in [-0.05, 0) is 11.1 Å². The topological polar surface area (TPSA) is 70.1 Å². The van der Waals surface area contributed by atoms with Gasteiger partial charge in [0, 0.05) is 26.2 Å². The summed E-state index contributed by atoms with van der Waals surface area (Å²) in [5, 5.41) is 9.63. The van der Waals surface area contributed by atoms with Gasteiger partial charge in [0.15, 0.2) is 0 Å². The van der Waals surface area contributed by atoms with E-state index in [0.717, 1.165) is 13.1 Å². The van der Waals surface area contributed by atoms with E-state index in [9.17, 15) is 14.7 Å². The van der Waals surface area contributed by atoms with Crippen LogP contribution >= 0.6 is 0 Å². The summed E-state index contributed by atoms with van der Waals surface area (Å²) in [7, 11) is 0. The summed E-state index contributed by atoms with van der Waals surface area (Å²) in [5.41, 5.74) is 2.46. The number of benzene rings is 2. The quantitative estimate of drug-likeness (QED) is 0.756. The highest BCUT2D eigenvalue weighted by Gasteiger charge is 2.54. The highest BCUT2D eigenvalue weighted by Crippen LogP contribution is 2.40. The SMILES string of the molecule is O=C(O)[C@@H]1[C@H](C(=O)N2CCN(C(c3ccccc3)c3ccccc3)CC2)[C@H]2C=C[C@H]1O2. The number of hydrogen-bond donors (Lipinski definition) is 1. The molecule has 2 aromatic rings. The van der Waals surface area contributed by atoms with Crippen molar-refractivity contribution in [3.8, 4) is 0 Å². The fourth-order valence-electron chi connectivity index (χ4n) is 5.19. The second kappa shape index (κ2) is 8.29. The Labute approximate surface area is 181 Å². The Morgan fingerprint density at radius 1 is 0.806 bits per heavy atom. The molecule has 0 spiro atoms. The molecule has 0 aliphatic carbocycles. The molecule has 0 radical (unpaired) electrons. The van der Waals surface area contributed by atoms with E-state index in [4.69, 9.17) is 4.74 Å². The number of carboxylic acid groups (broad SMARTS) is 1. The number of carbonyl (C=O) groups excluding carboxylic acids is 1. The standard InChI is InChI=1S/C25H26N2O4/c28-24(21-19-11-12-20(31-19)22(21)25(29)30)27-15-13-26(14-16-27)23(17-7-3-1-4-8-17)18-9-5-2-6-10-18/h1-12,19-23H,13-16H2,(H,29,30)/t19-,20-,21-,22+/m1/s1. The lowest BCUT2D eigenvalue weighted by Gasteiger charge is -2.41. The maximum Gasteiger partial charge on any atom is 0.310 e. The Bertz CT molecular complexity index is 930. The number of aliphatic carboxylic acids is 1. The molecule has 2 fully saturated rings. The minimum Gasteiger partial charge on any atom is -0.481 e. The number of ether oxygens (including phenoxy) is 1. The molecule has 2 saturated heterocycles. The predicted octanol–water partition coefficient (Wildman–Crippen LogP) is 2.57. The van der Waals surface area contributed by atoms with Crippen molar-refractivity contribution in [3.63, 3.8) is 0 Å². The van der Waals surface area contributed by atoms with Gasteiger partial charge in [0.2, 0.25) is 5.91 Å². The molecule has 3 heterocycles. The summed E-state index contributed by atoms with van der Waals surface area (Å²) in [5.74, 6) is -2.47. The molecule has 0 aromatic heterocycles. The third-order valence-corrected chi connectivity index (χ3v) is 6.69. The van der Waals surface area contributed by atoms with Gasteiger partial charge in [-0.25, -0.2) is 0 Å². The zero-order valence-corrected chi connectivity index (χ0v) is 17.2. The van der Waals surface area contributed by atoms with E-state index >= 15 is 0 Å². The van der Waals surface area contributed by atoms with Crippen molar-refractivity contribution in [1.29, 1.82) is 0 Å². The van der Waals surface area contributed by atoms with Gasteiger partial charge in [0.05, 0.1) is 24.2 Å². The van der Waals surface area contributed by atoms with Gasteiger partial charge in [-0.1, -0.05) is 72.8 Å². The molecule has 5 rings (SSSR count). The lowest BCUT2D eigenvalue weighted by molar-refractivity contribution is -0.150. The molecule has 1 amide bonds. The molecule has 0 unspecified atom stereocenters. The van der Waals surface area contributed by atoms with Crippen molar-refractivity contribution in [3.05, 3.63) is 83.9 Å². The Morgan fingerprint density at radius 3 is 1.84 bits per heavy atom. The average molecular weight is 418 g/mol. The maximum atomic E-state index is 13.3. The van der Waals surface area contributed by atoms with Crippen molar-refractivity contribution >= 4 is 11.9 Å². The van der Waals surface area contributed by atoms with Crippen LogP contribution in [0.25, 0.3) is 0 Å². The van der Waals surface area contributed by atoms with E-state index < -0.39 is 30.0 Å². The van der Waals surface area contributed by atoms with Gasteiger partial charge in [0.1, 0.15) is 5.92 Å². The third-order valence-electron chi connectivity index (χ3n) is 6.69. The molecular formula is C25H26N2O4. The zero-order valence-electron chi connectivity index (χ0n) is 17.2. The van der Waals surface area contributed by atoms with Gasteiger partial charge in [-0.3, -0.25) is 14.5 Å². The fourth-order valence-corrected chi connectivity index (χ4v) is 5.19. The van der Waals surface area contributed by atoms with Gasteiger partial charge >= 0.3 is 5.97 Å². The molecule has 3 aliphatic rings. The Hall–Kier alpha value is -2.96. The highest BCUT2D eigenvalue weighted by molar-refractivity contribution is 5.87. The lowest BCUT2D eigenvalue weighted by Crippen LogP contribution is -2.53. The van der Waals surface area contributed by atoms with E-state index in [1.165, 1.54) is 11.1 Å². The van der Waals surface area contributed by atoms with Gasteiger partial charge in [-0.15, -0.1) is 0 Å². The Morgan fingerprint density at radius 2 is 1.32 bits per heavy atom. The normalized spacial score (nSPS) is 27.7. The summed E-state index contributed by atoms with van der Waals surface area (Å²) in [6.45, 7) is 2.63. The van der Waals surface area contributed by atoms with Crippen LogP contribution in [0.2, 0.25) is 0 Å². The van der Waals surface area contributed by atoms with E-state index in [1.807, 2.05) is 23.1 Å². The number of piperazine rings is 1. The van der Waals surface area contributed by atoms with Crippen molar-refractivity contribution in [2.75, 3.05) is 26.2 Å². The van der Waals surface area contributed by atoms with E-state index in [-0.39, 0.29) is 11.9 Å². The molecule has 3 aliphatic heterocycles. The number of amides is 1. The first-order valence-electron chi connectivity index (χ1n) is 10.8. The third kappa shape index (κ3) is 3.66. The average Bonchev–Trinajstić information content (AvgIpc) is 3.43. The molecule has 6 nitrogen and oxygen atoms in total. The lowest BCUT2D eigenvalue weighted by atomic mass is 9.82. The summed E-state index contributed by atoms with van der Waals surface area (Å²) in [6.07, 6.45) is 2.70. The zero-order chi connectivity index (χ0) is 21.4. The number of hydrogen-bond acceptors (Lipinski definition) is 4. The molecule has 160 valence electrons. The molecule has 2 aromatic carbocycles. The molecule has 1 N–H and O–H groups in total. The van der Waals surface area contributed by atoms with Crippen LogP contribution in [-0.2, 0) is 14.3 Å². The predicted molar refractivity (Wildman–Crippen MR) is 115 cm³/mol. The molecule has 4 atom stereocenters. The van der Waals surface area contributed by atoms with Crippen LogP contribution in [0.3, 0.4) is 0 Å². The van der Waals surface area contributed by atoms with Gasteiger partial charge < -0.3 is 14.7 Å². The van der Waals surface area contributed by atoms with Crippen LogP contribution < -0.4 is 0 Å². The first-order chi connectivity index (χ1) is 15.1. The largest absolute Gasteiger partial charge is 0.481 e. The van der Waals surface area contributed by atoms with Crippen LogP contribution in [0, 0.1) is 11.8 Å². The number of nitrogens with zero attached hydrogens (tertiary/aromatic N) is 2. The summed E-state index contributed by atoms with van der Waals surface area (Å²) in [6, 6.07) is 21.0. The van der Waals surface area contributed by atoms with Crippen molar-refractivity contribution in [2.45, 2.75) is 18.2 Å². The van der Waals surface area contributed by atoms with Crippen LogP contribution in [0.15, 0.2) is 72.8 Å².